The number of hydrogen-bond donors (Lipinski definition) is 1. The number of nitrogens with zero attached hydrogens (tertiary/aromatic N) is 1. The first-order chi connectivity index (χ1) is 10.0. The van der Waals surface area contributed by atoms with Crippen LogP contribution in [0.2, 0.25) is 4.34 Å². The molecule has 0 spiro atoms. The second-order valence-corrected chi connectivity index (χ2v) is 7.75. The van der Waals surface area contributed by atoms with Gasteiger partial charge in [-0.05, 0) is 43.2 Å². The van der Waals surface area contributed by atoms with Crippen LogP contribution < -0.4 is 0 Å². The van der Waals surface area contributed by atoms with Crippen molar-refractivity contribution in [2.45, 2.75) is 25.7 Å². The summed E-state index contributed by atoms with van der Waals surface area (Å²) in [6.07, 6.45) is 3.34. The molecule has 21 heavy (non-hydrogen) atoms. The van der Waals surface area contributed by atoms with Crippen LogP contribution in [0.5, 0.6) is 0 Å². The van der Waals surface area contributed by atoms with Crippen molar-refractivity contribution in [1.29, 1.82) is 0 Å². The van der Waals surface area contributed by atoms with Crippen LogP contribution in [0.25, 0.3) is 0 Å². The zero-order valence-corrected chi connectivity index (χ0v) is 13.2. The molecular formula is C15H18ClNO3S. The first kappa shape index (κ1) is 14.9. The van der Waals surface area contributed by atoms with Gasteiger partial charge in [0.1, 0.15) is 0 Å². The number of likely N-dealkylation sites (tertiary alicyclic amines) is 1. The largest absolute Gasteiger partial charge is 0.481 e. The number of aliphatic carboxylic acids is 1. The Morgan fingerprint density at radius 2 is 2.10 bits per heavy atom. The van der Waals surface area contributed by atoms with E-state index < -0.39 is 5.97 Å². The number of thiophene rings is 1. The van der Waals surface area contributed by atoms with Crippen molar-refractivity contribution in [3.63, 3.8) is 0 Å². The topological polar surface area (TPSA) is 57.6 Å². The second-order valence-electron chi connectivity index (χ2n) is 5.95. The van der Waals surface area contributed by atoms with Gasteiger partial charge in [0.2, 0.25) is 5.91 Å². The molecule has 1 aliphatic heterocycles. The monoisotopic (exact) mass is 327 g/mol. The van der Waals surface area contributed by atoms with Gasteiger partial charge in [-0.2, -0.15) is 0 Å². The lowest BCUT2D eigenvalue weighted by atomic mass is 9.92. The molecule has 114 valence electrons. The van der Waals surface area contributed by atoms with E-state index in [1.165, 1.54) is 11.3 Å². The van der Waals surface area contributed by atoms with Crippen molar-refractivity contribution in [3.8, 4) is 0 Å². The Labute approximate surface area is 132 Å². The first-order valence-electron chi connectivity index (χ1n) is 7.29. The third kappa shape index (κ3) is 3.40. The summed E-state index contributed by atoms with van der Waals surface area (Å²) >= 11 is 7.37. The smallest absolute Gasteiger partial charge is 0.308 e. The fraction of sp³-hybridized carbons (Fsp3) is 0.600. The number of carbonyl (C=O) groups is 2. The van der Waals surface area contributed by atoms with Crippen molar-refractivity contribution in [2.75, 3.05) is 13.1 Å². The van der Waals surface area contributed by atoms with Crippen LogP contribution in [0.4, 0.5) is 0 Å². The molecule has 2 fully saturated rings. The SMILES string of the molecule is O=C(O)[C@H]1CN(C(=O)CCc2ccc(Cl)s2)C[C@@H]1C1CC1. The molecule has 1 N–H and O–H groups in total. The normalized spacial score (nSPS) is 25.3. The standard InChI is InChI=1S/C15H18ClNO3S/c16-13-5-3-10(21-13)4-6-14(18)17-7-11(9-1-2-9)12(8-17)15(19)20/h3,5,9,11-12H,1-2,4,6-8H2,(H,19,20)/t11-,12+/m1/s1. The van der Waals surface area contributed by atoms with Gasteiger partial charge in [-0.3, -0.25) is 9.59 Å². The minimum Gasteiger partial charge on any atom is -0.481 e. The molecule has 4 nitrogen and oxygen atoms in total. The zero-order chi connectivity index (χ0) is 15.0. The molecule has 6 heteroatoms. The van der Waals surface area contributed by atoms with Gasteiger partial charge in [-0.25, -0.2) is 0 Å². The Bertz CT molecular complexity index is 555. The molecule has 0 radical (unpaired) electrons. The van der Waals surface area contributed by atoms with Gasteiger partial charge >= 0.3 is 5.97 Å². The van der Waals surface area contributed by atoms with Crippen molar-refractivity contribution in [1.82, 2.24) is 4.90 Å². The fourth-order valence-electron chi connectivity index (χ4n) is 3.17. The lowest BCUT2D eigenvalue weighted by Crippen LogP contribution is -2.30. The summed E-state index contributed by atoms with van der Waals surface area (Å²) in [6.45, 7) is 0.992. The van der Waals surface area contributed by atoms with E-state index >= 15 is 0 Å². The molecule has 0 aromatic carbocycles. The lowest BCUT2D eigenvalue weighted by molar-refractivity contribution is -0.142. The Balaban J connectivity index is 1.56. The van der Waals surface area contributed by atoms with Crippen molar-refractivity contribution in [3.05, 3.63) is 21.3 Å². The molecule has 1 saturated heterocycles. The summed E-state index contributed by atoms with van der Waals surface area (Å²) < 4.78 is 0.735. The van der Waals surface area contributed by atoms with Crippen LogP contribution in [0, 0.1) is 17.8 Å². The summed E-state index contributed by atoms with van der Waals surface area (Å²) in [4.78, 5) is 26.5. The fourth-order valence-corrected chi connectivity index (χ4v) is 4.26. The summed E-state index contributed by atoms with van der Waals surface area (Å²) in [5, 5.41) is 9.32. The van der Waals surface area contributed by atoms with E-state index in [0.29, 0.717) is 31.8 Å². The van der Waals surface area contributed by atoms with Crippen molar-refractivity contribution in [2.24, 2.45) is 17.8 Å². The average molecular weight is 328 g/mol. The van der Waals surface area contributed by atoms with Crippen molar-refractivity contribution < 1.29 is 14.7 Å². The Morgan fingerprint density at radius 1 is 1.33 bits per heavy atom. The molecule has 2 aliphatic rings. The van der Waals surface area contributed by atoms with E-state index in [2.05, 4.69) is 0 Å². The predicted molar refractivity (Wildman–Crippen MR) is 81.6 cm³/mol. The Hall–Kier alpha value is -1.07. The van der Waals surface area contributed by atoms with Gasteiger partial charge in [-0.15, -0.1) is 11.3 Å². The highest BCUT2D eigenvalue weighted by Gasteiger charge is 2.46. The quantitative estimate of drug-likeness (QED) is 0.904. The number of rotatable bonds is 5. The maximum absolute atomic E-state index is 12.3. The van der Waals surface area contributed by atoms with E-state index in [1.54, 1.807) is 4.90 Å². The molecule has 0 unspecified atom stereocenters. The van der Waals surface area contributed by atoms with Gasteiger partial charge < -0.3 is 10.0 Å². The molecule has 1 saturated carbocycles. The van der Waals surface area contributed by atoms with Gasteiger partial charge in [-0.1, -0.05) is 11.6 Å². The number of carboxylic acids is 1. The number of amides is 1. The van der Waals surface area contributed by atoms with Crippen molar-refractivity contribution >= 4 is 34.8 Å². The van der Waals surface area contributed by atoms with Crippen LogP contribution in [0.3, 0.4) is 0 Å². The highest BCUT2D eigenvalue weighted by molar-refractivity contribution is 7.16. The van der Waals surface area contributed by atoms with Crippen LogP contribution in [0.15, 0.2) is 12.1 Å². The highest BCUT2D eigenvalue weighted by atomic mass is 35.5. The van der Waals surface area contributed by atoms with E-state index in [-0.39, 0.29) is 17.7 Å². The van der Waals surface area contributed by atoms with E-state index in [9.17, 15) is 14.7 Å². The van der Waals surface area contributed by atoms with Crippen LogP contribution in [0.1, 0.15) is 24.1 Å². The zero-order valence-electron chi connectivity index (χ0n) is 11.6. The molecule has 1 amide bonds. The summed E-state index contributed by atoms with van der Waals surface area (Å²) in [6, 6.07) is 3.78. The molecule has 1 aromatic rings. The summed E-state index contributed by atoms with van der Waals surface area (Å²) in [5.41, 5.74) is 0. The minimum atomic E-state index is -0.757. The van der Waals surface area contributed by atoms with Crippen LogP contribution >= 0.6 is 22.9 Å². The van der Waals surface area contributed by atoms with Gasteiger partial charge in [0.25, 0.3) is 0 Å². The molecule has 0 bridgehead atoms. The molecule has 3 rings (SSSR count). The summed E-state index contributed by atoms with van der Waals surface area (Å²) in [5.74, 6) is -0.401. The Morgan fingerprint density at radius 3 is 2.67 bits per heavy atom. The second kappa shape index (κ2) is 5.97. The maximum atomic E-state index is 12.3. The van der Waals surface area contributed by atoms with Gasteiger partial charge in [0, 0.05) is 24.4 Å². The van der Waals surface area contributed by atoms with Gasteiger partial charge in [0.15, 0.2) is 0 Å². The maximum Gasteiger partial charge on any atom is 0.308 e. The number of carbonyl (C=O) groups excluding carboxylic acids is 1. The Kier molecular flexibility index (Phi) is 4.22. The summed E-state index contributed by atoms with van der Waals surface area (Å²) in [7, 11) is 0. The van der Waals surface area contributed by atoms with E-state index in [0.717, 1.165) is 22.1 Å². The third-order valence-electron chi connectivity index (χ3n) is 4.48. The van der Waals surface area contributed by atoms with E-state index in [4.69, 9.17) is 11.6 Å². The number of aryl methyl sites for hydroxylation is 1. The lowest BCUT2D eigenvalue weighted by Gasteiger charge is -2.16. The number of carboxylic acid groups (broad SMARTS) is 1. The number of hydrogen-bond acceptors (Lipinski definition) is 3. The van der Waals surface area contributed by atoms with Crippen LogP contribution in [-0.4, -0.2) is 35.0 Å². The highest BCUT2D eigenvalue weighted by Crippen LogP contribution is 2.44. The van der Waals surface area contributed by atoms with E-state index in [1.807, 2.05) is 12.1 Å². The first-order valence-corrected chi connectivity index (χ1v) is 8.49. The molecular weight excluding hydrogens is 310 g/mol. The van der Waals surface area contributed by atoms with Crippen LogP contribution in [-0.2, 0) is 16.0 Å². The third-order valence-corrected chi connectivity index (χ3v) is 5.77. The number of halogens is 1. The molecule has 2 atom stereocenters. The minimum absolute atomic E-state index is 0.0638. The molecule has 2 heterocycles. The molecule has 1 aromatic heterocycles. The molecule has 1 aliphatic carbocycles. The van der Waals surface area contributed by atoms with Gasteiger partial charge in [0.05, 0.1) is 10.3 Å². The average Bonchev–Trinajstić information content (AvgIpc) is 3.05. The predicted octanol–water partition coefficient (Wildman–Crippen LogP) is 2.90.